The number of nitrogens with two attached hydrogens (primary N) is 1. The van der Waals surface area contributed by atoms with Crippen LogP contribution in [0.2, 0.25) is 0 Å². The first-order valence-electron chi connectivity index (χ1n) is 6.57. The van der Waals surface area contributed by atoms with Gasteiger partial charge in [0.1, 0.15) is 29.8 Å². The number of nitrogens with one attached hydrogen (secondary N) is 2. The summed E-state index contributed by atoms with van der Waals surface area (Å²) in [7, 11) is 0. The van der Waals surface area contributed by atoms with Crippen LogP contribution in [0.1, 0.15) is 5.76 Å². The lowest BCUT2D eigenvalue weighted by atomic mass is 10.2. The number of nitrogens with zero attached hydrogens (tertiary/aromatic N) is 1. The Morgan fingerprint density at radius 2 is 2.13 bits per heavy atom. The number of hydrogen-bond donors (Lipinski definition) is 4. The van der Waals surface area contributed by atoms with Crippen molar-refractivity contribution in [3.63, 3.8) is 0 Å². The lowest BCUT2D eigenvalue weighted by Gasteiger charge is -2.09. The van der Waals surface area contributed by atoms with Crippen molar-refractivity contribution < 1.29 is 19.1 Å². The minimum atomic E-state index is -1.22. The highest BCUT2D eigenvalue weighted by atomic mass is 16.4. The fourth-order valence-corrected chi connectivity index (χ4v) is 1.95. The van der Waals surface area contributed by atoms with Crippen molar-refractivity contribution in [3.05, 3.63) is 41.4 Å². The number of aryl methyl sites for hydroxylation is 1. The quantitative estimate of drug-likeness (QED) is 0.477. The van der Waals surface area contributed by atoms with E-state index in [1.54, 1.807) is 24.3 Å². The summed E-state index contributed by atoms with van der Waals surface area (Å²) in [4.78, 5) is 22.2. The average Bonchev–Trinajstić information content (AvgIpc) is 2.85. The van der Waals surface area contributed by atoms with E-state index in [-0.39, 0.29) is 5.82 Å². The molecule has 0 saturated carbocycles. The number of amides is 1. The number of carbonyl (C=O) groups is 2. The van der Waals surface area contributed by atoms with Crippen LogP contribution >= 0.6 is 0 Å². The van der Waals surface area contributed by atoms with Crippen LogP contribution in [0.5, 0.6) is 0 Å². The molecule has 2 aromatic rings. The fourth-order valence-electron chi connectivity index (χ4n) is 1.95. The summed E-state index contributed by atoms with van der Waals surface area (Å²) in [5, 5.41) is 23.2. The molecule has 0 bridgehead atoms. The van der Waals surface area contributed by atoms with E-state index in [1.807, 2.05) is 13.0 Å². The molecule has 8 nitrogen and oxygen atoms in total. The molecule has 8 heteroatoms. The molecule has 23 heavy (non-hydrogen) atoms. The van der Waals surface area contributed by atoms with Crippen LogP contribution in [-0.4, -0.2) is 23.5 Å². The van der Waals surface area contributed by atoms with Gasteiger partial charge in [-0.15, -0.1) is 0 Å². The van der Waals surface area contributed by atoms with E-state index < -0.39 is 24.0 Å². The maximum absolute atomic E-state index is 11.7. The average molecular weight is 314 g/mol. The summed E-state index contributed by atoms with van der Waals surface area (Å²) in [5.74, 6) is -1.50. The second kappa shape index (κ2) is 6.53. The molecule has 0 unspecified atom stereocenters. The molecule has 1 aromatic carbocycles. The summed E-state index contributed by atoms with van der Waals surface area (Å²) < 4.78 is 5.45. The molecule has 0 aliphatic rings. The number of fused-ring (bicyclic) bond motifs is 1. The van der Waals surface area contributed by atoms with E-state index in [0.717, 1.165) is 11.1 Å². The van der Waals surface area contributed by atoms with E-state index >= 15 is 0 Å². The van der Waals surface area contributed by atoms with E-state index in [0.29, 0.717) is 11.3 Å². The van der Waals surface area contributed by atoms with Crippen molar-refractivity contribution in [1.29, 1.82) is 5.26 Å². The largest absolute Gasteiger partial charge is 0.480 e. The van der Waals surface area contributed by atoms with E-state index in [4.69, 9.17) is 20.5 Å². The fraction of sp³-hybridized carbons (Fsp3) is 0.133. The van der Waals surface area contributed by atoms with Crippen molar-refractivity contribution >= 4 is 28.5 Å². The second-order valence-corrected chi connectivity index (χ2v) is 4.71. The van der Waals surface area contributed by atoms with Gasteiger partial charge in [0.2, 0.25) is 0 Å². The maximum Gasteiger partial charge on any atom is 0.322 e. The van der Waals surface area contributed by atoms with Crippen molar-refractivity contribution in [2.45, 2.75) is 6.92 Å². The van der Waals surface area contributed by atoms with Crippen LogP contribution in [0.15, 0.2) is 40.1 Å². The van der Waals surface area contributed by atoms with Gasteiger partial charge in [-0.3, -0.25) is 9.59 Å². The molecule has 1 aromatic heterocycles. The van der Waals surface area contributed by atoms with Crippen LogP contribution in [0, 0.1) is 18.3 Å². The highest BCUT2D eigenvalue weighted by Gasteiger charge is 2.15. The van der Waals surface area contributed by atoms with Crippen molar-refractivity contribution in [3.8, 4) is 6.07 Å². The third kappa shape index (κ3) is 3.79. The molecule has 0 saturated heterocycles. The van der Waals surface area contributed by atoms with Gasteiger partial charge in [-0.25, -0.2) is 0 Å². The second-order valence-electron chi connectivity index (χ2n) is 4.71. The summed E-state index contributed by atoms with van der Waals surface area (Å²) in [6.07, 6.45) is 0. The zero-order valence-electron chi connectivity index (χ0n) is 12.2. The summed E-state index contributed by atoms with van der Waals surface area (Å²) in [5.41, 5.74) is 6.61. The predicted octanol–water partition coefficient (Wildman–Crippen LogP) is 1.05. The SMILES string of the molecule is Cc1cc2cc(N/C(N)=C(\C#N)C(=O)NCC(=O)O)ccc2o1. The van der Waals surface area contributed by atoms with Crippen LogP contribution in [0.4, 0.5) is 5.69 Å². The van der Waals surface area contributed by atoms with Crippen LogP contribution in [0.25, 0.3) is 11.0 Å². The zero-order chi connectivity index (χ0) is 17.0. The van der Waals surface area contributed by atoms with E-state index in [9.17, 15) is 9.59 Å². The Balaban J connectivity index is 2.21. The van der Waals surface area contributed by atoms with Crippen LogP contribution in [0.3, 0.4) is 0 Å². The Bertz CT molecular complexity index is 845. The number of furan rings is 1. The first kappa shape index (κ1) is 15.9. The van der Waals surface area contributed by atoms with Crippen molar-refractivity contribution in [2.75, 3.05) is 11.9 Å². The Kier molecular flexibility index (Phi) is 4.52. The number of rotatable bonds is 5. The van der Waals surface area contributed by atoms with Crippen molar-refractivity contribution in [2.24, 2.45) is 5.73 Å². The lowest BCUT2D eigenvalue weighted by Crippen LogP contribution is -2.32. The number of carbonyl (C=O) groups excluding carboxylic acids is 1. The number of carboxylic acid groups (broad SMARTS) is 1. The minimum absolute atomic E-state index is 0.171. The smallest absolute Gasteiger partial charge is 0.322 e. The molecule has 0 aliphatic heterocycles. The third-order valence-corrected chi connectivity index (χ3v) is 2.93. The molecule has 0 fully saturated rings. The molecule has 0 radical (unpaired) electrons. The normalized spacial score (nSPS) is 11.5. The first-order chi connectivity index (χ1) is 10.9. The van der Waals surface area contributed by atoms with Crippen LogP contribution < -0.4 is 16.4 Å². The molecule has 118 valence electrons. The maximum atomic E-state index is 11.7. The van der Waals surface area contributed by atoms with Crippen LogP contribution in [-0.2, 0) is 9.59 Å². The van der Waals surface area contributed by atoms with Gasteiger partial charge in [0.25, 0.3) is 5.91 Å². The molecule has 0 spiro atoms. The number of anilines is 1. The summed E-state index contributed by atoms with van der Waals surface area (Å²) in [6, 6.07) is 8.66. The number of benzene rings is 1. The predicted molar refractivity (Wildman–Crippen MR) is 82.0 cm³/mol. The standard InChI is InChI=1S/C15H14N4O4/c1-8-4-9-5-10(2-3-12(9)23-8)19-14(17)11(6-16)15(22)18-7-13(20)21/h2-5,19H,7,17H2,1H3,(H,18,22)(H,20,21)/b14-11+. The molecule has 0 aliphatic carbocycles. The number of carboxylic acids is 1. The van der Waals surface area contributed by atoms with Gasteiger partial charge in [0.15, 0.2) is 5.57 Å². The van der Waals surface area contributed by atoms with Crippen molar-refractivity contribution in [1.82, 2.24) is 5.32 Å². The Hall–Kier alpha value is -3.47. The minimum Gasteiger partial charge on any atom is -0.480 e. The van der Waals surface area contributed by atoms with Gasteiger partial charge >= 0.3 is 5.97 Å². The highest BCUT2D eigenvalue weighted by Crippen LogP contribution is 2.23. The van der Waals surface area contributed by atoms with Gasteiger partial charge < -0.3 is 25.9 Å². The molecule has 1 heterocycles. The Morgan fingerprint density at radius 3 is 2.78 bits per heavy atom. The molecule has 1 amide bonds. The molecule has 5 N–H and O–H groups in total. The topological polar surface area (TPSA) is 141 Å². The van der Waals surface area contributed by atoms with Gasteiger partial charge in [0, 0.05) is 11.1 Å². The monoisotopic (exact) mass is 314 g/mol. The molecular weight excluding hydrogens is 300 g/mol. The zero-order valence-corrected chi connectivity index (χ0v) is 12.2. The summed E-state index contributed by atoms with van der Waals surface area (Å²) in [6.45, 7) is 1.22. The molecular formula is C15H14N4O4. The Morgan fingerprint density at radius 1 is 1.39 bits per heavy atom. The Labute approximate surface area is 131 Å². The first-order valence-corrected chi connectivity index (χ1v) is 6.57. The molecule has 2 rings (SSSR count). The highest BCUT2D eigenvalue weighted by molar-refractivity contribution is 5.99. The third-order valence-electron chi connectivity index (χ3n) is 2.93. The number of nitriles is 1. The molecule has 0 atom stereocenters. The van der Waals surface area contributed by atoms with E-state index in [2.05, 4.69) is 10.6 Å². The number of aliphatic carboxylic acids is 1. The van der Waals surface area contributed by atoms with Gasteiger partial charge in [-0.1, -0.05) is 0 Å². The number of hydrogen-bond acceptors (Lipinski definition) is 6. The van der Waals surface area contributed by atoms with Gasteiger partial charge in [0.05, 0.1) is 0 Å². The lowest BCUT2D eigenvalue weighted by molar-refractivity contribution is -0.137. The summed E-state index contributed by atoms with van der Waals surface area (Å²) >= 11 is 0. The van der Waals surface area contributed by atoms with Gasteiger partial charge in [-0.2, -0.15) is 5.26 Å². The van der Waals surface area contributed by atoms with E-state index in [1.165, 1.54) is 0 Å². The van der Waals surface area contributed by atoms with Gasteiger partial charge in [-0.05, 0) is 31.2 Å².